The number of carbonyl (C=O) groups excluding carboxylic acids is 1. The highest BCUT2D eigenvalue weighted by Gasteiger charge is 2.46. The molecule has 0 saturated heterocycles. The van der Waals surface area contributed by atoms with Gasteiger partial charge in [-0.2, -0.15) is 18.2 Å². The minimum absolute atomic E-state index is 0.0933. The van der Waals surface area contributed by atoms with Crippen molar-refractivity contribution in [3.63, 3.8) is 0 Å². The zero-order valence-electron chi connectivity index (χ0n) is 20.0. The number of aryl methyl sites for hydroxylation is 2. The molecule has 3 aromatic rings. The third-order valence-corrected chi connectivity index (χ3v) is 7.04. The first kappa shape index (κ1) is 26.0. The standard InChI is InChI=1S/C22H26F3N7O3S/c1-9-14(19-30-15-10(2)26-6-5-13(15)36-19)18(31-21(28-9)27-8-22(23,24)25)29-12-7-11(16(33)17(12)34)20(35)32(3)4/h5-6,11-12,16-17,33-34H,7-8H2,1-4H3,(H2,27,28,29,31)/t11-,12+,16+,17-/m0/s1. The van der Waals surface area contributed by atoms with Gasteiger partial charge in [0, 0.05) is 20.3 Å². The molecule has 194 valence electrons. The summed E-state index contributed by atoms with van der Waals surface area (Å²) in [7, 11) is 3.10. The SMILES string of the molecule is Cc1nc(NCC(F)(F)F)nc(N[C@@H]2C[C@H](C(=O)N(C)C)[C@@H](O)[C@H]2O)c1-c1nc2c(C)nccc2s1. The predicted octanol–water partition coefficient (Wildman–Crippen LogP) is 2.35. The highest BCUT2D eigenvalue weighted by molar-refractivity contribution is 7.21. The molecule has 0 radical (unpaired) electrons. The van der Waals surface area contributed by atoms with Crippen LogP contribution >= 0.6 is 11.3 Å². The fraction of sp³-hybridized carbons (Fsp3) is 0.500. The smallest absolute Gasteiger partial charge is 0.390 e. The first-order valence-corrected chi connectivity index (χ1v) is 11.9. The Morgan fingerprint density at radius 1 is 1.17 bits per heavy atom. The molecular weight excluding hydrogens is 499 g/mol. The van der Waals surface area contributed by atoms with Crippen molar-refractivity contribution in [2.45, 2.75) is 44.7 Å². The van der Waals surface area contributed by atoms with Gasteiger partial charge in [-0.3, -0.25) is 9.78 Å². The number of nitrogens with one attached hydrogen (secondary N) is 2. The van der Waals surface area contributed by atoms with Crippen LogP contribution in [-0.4, -0.2) is 86.0 Å². The number of nitrogens with zero attached hydrogens (tertiary/aromatic N) is 5. The van der Waals surface area contributed by atoms with E-state index in [1.807, 2.05) is 6.92 Å². The molecule has 4 rings (SSSR count). The van der Waals surface area contributed by atoms with Crippen molar-refractivity contribution in [1.82, 2.24) is 24.8 Å². The highest BCUT2D eigenvalue weighted by atomic mass is 32.1. The highest BCUT2D eigenvalue weighted by Crippen LogP contribution is 2.38. The zero-order chi connectivity index (χ0) is 26.4. The number of anilines is 2. The summed E-state index contributed by atoms with van der Waals surface area (Å²) in [6.45, 7) is 2.11. The van der Waals surface area contributed by atoms with Crippen molar-refractivity contribution in [3.05, 3.63) is 23.7 Å². The lowest BCUT2D eigenvalue weighted by atomic mass is 10.0. The van der Waals surface area contributed by atoms with Gasteiger partial charge >= 0.3 is 6.18 Å². The summed E-state index contributed by atoms with van der Waals surface area (Å²) in [4.78, 5) is 31.2. The van der Waals surface area contributed by atoms with Crippen LogP contribution in [-0.2, 0) is 4.79 Å². The molecule has 14 heteroatoms. The van der Waals surface area contributed by atoms with E-state index >= 15 is 0 Å². The molecule has 4 atom stereocenters. The summed E-state index contributed by atoms with van der Waals surface area (Å²) < 4.78 is 39.3. The van der Waals surface area contributed by atoms with E-state index in [-0.39, 0.29) is 24.1 Å². The van der Waals surface area contributed by atoms with Crippen molar-refractivity contribution in [2.75, 3.05) is 31.3 Å². The van der Waals surface area contributed by atoms with Gasteiger partial charge in [0.25, 0.3) is 0 Å². The number of fused-ring (bicyclic) bond motifs is 1. The molecule has 4 N–H and O–H groups in total. The van der Waals surface area contributed by atoms with Crippen LogP contribution < -0.4 is 10.6 Å². The van der Waals surface area contributed by atoms with Gasteiger partial charge in [0.2, 0.25) is 11.9 Å². The second kappa shape index (κ2) is 9.75. The Balaban J connectivity index is 1.75. The Kier molecular flexibility index (Phi) is 7.03. The fourth-order valence-electron chi connectivity index (χ4n) is 4.21. The number of hydrogen-bond donors (Lipinski definition) is 4. The van der Waals surface area contributed by atoms with Gasteiger partial charge in [0.1, 0.15) is 29.0 Å². The third kappa shape index (κ3) is 5.20. The number of alkyl halides is 3. The number of halogens is 3. The molecule has 1 amide bonds. The van der Waals surface area contributed by atoms with Crippen LogP contribution in [0.25, 0.3) is 20.8 Å². The number of rotatable bonds is 6. The fourth-order valence-corrected chi connectivity index (χ4v) is 5.32. The third-order valence-electron chi connectivity index (χ3n) is 6.00. The van der Waals surface area contributed by atoms with Crippen molar-refractivity contribution in [1.29, 1.82) is 0 Å². The first-order chi connectivity index (χ1) is 16.9. The van der Waals surface area contributed by atoms with Crippen LogP contribution in [0.2, 0.25) is 0 Å². The summed E-state index contributed by atoms with van der Waals surface area (Å²) in [5, 5.41) is 26.9. The Bertz CT molecular complexity index is 1280. The molecule has 0 aliphatic heterocycles. The minimum Gasteiger partial charge on any atom is -0.390 e. The monoisotopic (exact) mass is 525 g/mol. The number of amides is 1. The van der Waals surface area contributed by atoms with Crippen molar-refractivity contribution < 1.29 is 28.2 Å². The van der Waals surface area contributed by atoms with Gasteiger partial charge in [0.15, 0.2) is 0 Å². The Hall–Kier alpha value is -3.10. The van der Waals surface area contributed by atoms with Crippen LogP contribution in [0.4, 0.5) is 24.9 Å². The summed E-state index contributed by atoms with van der Waals surface area (Å²) >= 11 is 1.34. The summed E-state index contributed by atoms with van der Waals surface area (Å²) in [5.41, 5.74) is 2.19. The van der Waals surface area contributed by atoms with Crippen LogP contribution in [0.3, 0.4) is 0 Å². The number of aromatic nitrogens is 4. The average molecular weight is 526 g/mol. The normalized spacial score (nSPS) is 22.1. The molecule has 1 aliphatic carbocycles. The Morgan fingerprint density at radius 2 is 1.89 bits per heavy atom. The van der Waals surface area contributed by atoms with Gasteiger partial charge in [-0.1, -0.05) is 0 Å². The average Bonchev–Trinajstić information content (AvgIpc) is 3.34. The minimum atomic E-state index is -4.48. The molecule has 0 aromatic carbocycles. The van der Waals surface area contributed by atoms with Gasteiger partial charge in [-0.25, -0.2) is 9.97 Å². The molecule has 0 unspecified atom stereocenters. The molecule has 0 bridgehead atoms. The zero-order valence-corrected chi connectivity index (χ0v) is 20.8. The Morgan fingerprint density at radius 3 is 2.53 bits per heavy atom. The van der Waals surface area contributed by atoms with Crippen molar-refractivity contribution in [2.24, 2.45) is 5.92 Å². The van der Waals surface area contributed by atoms with E-state index in [2.05, 4.69) is 30.6 Å². The van der Waals surface area contributed by atoms with E-state index in [1.165, 1.54) is 16.2 Å². The first-order valence-electron chi connectivity index (χ1n) is 11.1. The van der Waals surface area contributed by atoms with E-state index in [4.69, 9.17) is 0 Å². The summed E-state index contributed by atoms with van der Waals surface area (Å²) in [5.74, 6) is -1.32. The summed E-state index contributed by atoms with van der Waals surface area (Å²) in [6, 6.07) is 1.01. The van der Waals surface area contributed by atoms with E-state index in [0.29, 0.717) is 27.5 Å². The lowest BCUT2D eigenvalue weighted by Gasteiger charge is -2.21. The number of aliphatic hydroxyl groups excluding tert-OH is 2. The van der Waals surface area contributed by atoms with Crippen LogP contribution in [0.15, 0.2) is 12.3 Å². The van der Waals surface area contributed by atoms with Gasteiger partial charge in [-0.05, 0) is 26.3 Å². The lowest BCUT2D eigenvalue weighted by Crippen LogP contribution is -2.38. The summed E-state index contributed by atoms with van der Waals surface area (Å²) in [6.07, 6.45) is -5.36. The van der Waals surface area contributed by atoms with Gasteiger partial charge < -0.3 is 25.7 Å². The molecular formula is C22H26F3N7O3S. The van der Waals surface area contributed by atoms with Crippen molar-refractivity contribution in [3.8, 4) is 10.6 Å². The molecule has 3 aromatic heterocycles. The molecule has 1 aliphatic rings. The molecule has 1 saturated carbocycles. The maximum absolute atomic E-state index is 12.8. The molecule has 1 fully saturated rings. The maximum atomic E-state index is 12.8. The molecule has 36 heavy (non-hydrogen) atoms. The Labute approximate surface area is 208 Å². The number of carbonyl (C=O) groups is 1. The predicted molar refractivity (Wildman–Crippen MR) is 129 cm³/mol. The molecule has 0 spiro atoms. The second-order valence-electron chi connectivity index (χ2n) is 8.89. The van der Waals surface area contributed by atoms with E-state index in [1.54, 1.807) is 33.3 Å². The topological polar surface area (TPSA) is 136 Å². The number of pyridine rings is 1. The van der Waals surface area contributed by atoms with Crippen LogP contribution in [0.1, 0.15) is 17.8 Å². The second-order valence-corrected chi connectivity index (χ2v) is 9.92. The van der Waals surface area contributed by atoms with E-state index in [9.17, 15) is 28.2 Å². The van der Waals surface area contributed by atoms with Crippen molar-refractivity contribution >= 4 is 39.2 Å². The van der Waals surface area contributed by atoms with Crippen LogP contribution in [0.5, 0.6) is 0 Å². The number of thiazole rings is 1. The van der Waals surface area contributed by atoms with E-state index < -0.39 is 36.9 Å². The van der Waals surface area contributed by atoms with Gasteiger partial charge in [-0.15, -0.1) is 11.3 Å². The van der Waals surface area contributed by atoms with Crippen LogP contribution in [0, 0.1) is 19.8 Å². The quantitative estimate of drug-likeness (QED) is 0.382. The van der Waals surface area contributed by atoms with Gasteiger partial charge in [0.05, 0.1) is 39.7 Å². The molecule has 3 heterocycles. The molecule has 10 nitrogen and oxygen atoms in total. The van der Waals surface area contributed by atoms with E-state index in [0.717, 1.165) is 4.70 Å². The number of aliphatic hydroxyl groups is 2. The lowest BCUT2D eigenvalue weighted by molar-refractivity contribution is -0.137. The maximum Gasteiger partial charge on any atom is 0.405 e. The largest absolute Gasteiger partial charge is 0.405 e. The number of hydrogen-bond acceptors (Lipinski definition) is 10.